The Kier molecular flexibility index (Phi) is 5.93. The number of hydrogen-bond acceptors (Lipinski definition) is 10. The maximum atomic E-state index is 13.3. The van der Waals surface area contributed by atoms with Crippen molar-refractivity contribution < 1.29 is 9.53 Å². The molecule has 0 atom stereocenters. The molecule has 0 bridgehead atoms. The van der Waals surface area contributed by atoms with Crippen LogP contribution in [0.4, 0.5) is 10.9 Å². The fourth-order valence-electron chi connectivity index (χ4n) is 3.39. The van der Waals surface area contributed by atoms with E-state index >= 15 is 0 Å². The maximum absolute atomic E-state index is 13.3. The largest absolute Gasteiger partial charge is 0.494 e. The Morgan fingerprint density at radius 2 is 1.89 bits per heavy atom. The van der Waals surface area contributed by atoms with E-state index in [0.29, 0.717) is 49.6 Å². The Morgan fingerprint density at radius 3 is 2.66 bits per heavy atom. The Bertz CT molecular complexity index is 1570. The van der Waals surface area contributed by atoms with Crippen molar-refractivity contribution in [2.45, 2.75) is 6.92 Å². The molecule has 12 heteroatoms. The summed E-state index contributed by atoms with van der Waals surface area (Å²) >= 11 is 7.33. The van der Waals surface area contributed by atoms with Crippen molar-refractivity contribution in [2.24, 2.45) is 0 Å². The molecule has 1 amide bonds. The molecule has 5 aromatic rings. The number of nitrogen functional groups attached to an aromatic ring is 1. The van der Waals surface area contributed by atoms with E-state index in [4.69, 9.17) is 22.1 Å². The third-order valence-electron chi connectivity index (χ3n) is 5.06. The average Bonchev–Trinajstić information content (AvgIpc) is 3.25. The zero-order chi connectivity index (χ0) is 24.5. The summed E-state index contributed by atoms with van der Waals surface area (Å²) in [7, 11) is 1.53. The van der Waals surface area contributed by atoms with Crippen molar-refractivity contribution in [1.82, 2.24) is 29.9 Å². The summed E-state index contributed by atoms with van der Waals surface area (Å²) in [5, 5.41) is 3.45. The van der Waals surface area contributed by atoms with E-state index < -0.39 is 5.91 Å². The zero-order valence-corrected chi connectivity index (χ0v) is 20.1. The molecule has 10 nitrogen and oxygen atoms in total. The summed E-state index contributed by atoms with van der Waals surface area (Å²) in [6, 6.07) is 6.94. The van der Waals surface area contributed by atoms with E-state index in [1.807, 2.05) is 13.0 Å². The van der Waals surface area contributed by atoms with Crippen LogP contribution in [0.15, 0.2) is 49.1 Å². The molecule has 0 fully saturated rings. The molecule has 0 saturated heterocycles. The van der Waals surface area contributed by atoms with E-state index in [1.165, 1.54) is 30.8 Å². The molecule has 0 aromatic carbocycles. The number of carbonyl (C=O) groups excluding carboxylic acids is 1. The fraction of sp³-hybridized carbons (Fsp3) is 0.0870. The van der Waals surface area contributed by atoms with Crippen molar-refractivity contribution in [1.29, 1.82) is 0 Å². The number of halogens is 1. The standard InChI is InChI=1S/C23H17ClN8O2S/c1-11-5-13(14-6-18(24)27-10-17(14)34-2)15(8-26-11)21(33)32-23-31-20-22(35-23)30-16(9-29-20)12-3-4-19(25)28-7-12/h3-10H,1-2H3,(H2,25,28)(H,29,31,32,33). The molecule has 0 aliphatic carbocycles. The Labute approximate surface area is 208 Å². The molecule has 174 valence electrons. The van der Waals surface area contributed by atoms with E-state index in [-0.39, 0.29) is 5.15 Å². The lowest BCUT2D eigenvalue weighted by molar-refractivity contribution is 0.102. The molecule has 35 heavy (non-hydrogen) atoms. The highest BCUT2D eigenvalue weighted by molar-refractivity contribution is 7.21. The first-order chi connectivity index (χ1) is 16.9. The van der Waals surface area contributed by atoms with Crippen LogP contribution in [0.1, 0.15) is 16.1 Å². The van der Waals surface area contributed by atoms with Crippen LogP contribution in [0.3, 0.4) is 0 Å². The van der Waals surface area contributed by atoms with Gasteiger partial charge in [0.1, 0.15) is 16.7 Å². The van der Waals surface area contributed by atoms with Gasteiger partial charge in [0, 0.05) is 34.8 Å². The van der Waals surface area contributed by atoms with Crippen LogP contribution < -0.4 is 15.8 Å². The first-order valence-corrected chi connectivity index (χ1v) is 11.4. The number of nitrogens with zero attached hydrogens (tertiary/aromatic N) is 6. The number of methoxy groups -OCH3 is 1. The molecule has 5 heterocycles. The van der Waals surface area contributed by atoms with Crippen LogP contribution in [0.5, 0.6) is 5.75 Å². The number of amides is 1. The molecule has 0 saturated carbocycles. The second kappa shape index (κ2) is 9.20. The van der Waals surface area contributed by atoms with E-state index in [0.717, 1.165) is 11.3 Å². The van der Waals surface area contributed by atoms with Gasteiger partial charge in [-0.25, -0.2) is 19.9 Å². The first-order valence-electron chi connectivity index (χ1n) is 10.2. The molecular formula is C23H17ClN8O2S. The van der Waals surface area contributed by atoms with Gasteiger partial charge >= 0.3 is 0 Å². The van der Waals surface area contributed by atoms with Gasteiger partial charge in [-0.15, -0.1) is 0 Å². The summed E-state index contributed by atoms with van der Waals surface area (Å²) in [5.74, 6) is 0.499. The number of pyridine rings is 3. The van der Waals surface area contributed by atoms with Crippen molar-refractivity contribution in [2.75, 3.05) is 18.2 Å². The predicted octanol–water partition coefficient (Wildman–Crippen LogP) is 4.41. The summed E-state index contributed by atoms with van der Waals surface area (Å²) in [5.41, 5.74) is 9.75. The Balaban J connectivity index is 1.48. The number of hydrogen-bond donors (Lipinski definition) is 2. The number of nitrogens with one attached hydrogen (secondary N) is 1. The van der Waals surface area contributed by atoms with Crippen LogP contribution in [-0.2, 0) is 0 Å². The van der Waals surface area contributed by atoms with Crippen LogP contribution in [0.25, 0.3) is 32.9 Å². The minimum absolute atomic E-state index is 0.275. The number of aryl methyl sites for hydroxylation is 1. The van der Waals surface area contributed by atoms with Crippen LogP contribution in [0, 0.1) is 6.92 Å². The Hall–Kier alpha value is -4.22. The van der Waals surface area contributed by atoms with E-state index in [9.17, 15) is 4.79 Å². The zero-order valence-electron chi connectivity index (χ0n) is 18.5. The minimum Gasteiger partial charge on any atom is -0.494 e. The lowest BCUT2D eigenvalue weighted by Gasteiger charge is -2.13. The van der Waals surface area contributed by atoms with Gasteiger partial charge in [0.15, 0.2) is 15.6 Å². The van der Waals surface area contributed by atoms with E-state index in [2.05, 4.69) is 35.2 Å². The van der Waals surface area contributed by atoms with Gasteiger partial charge < -0.3 is 10.5 Å². The number of fused-ring (bicyclic) bond motifs is 1. The van der Waals surface area contributed by atoms with Crippen molar-refractivity contribution >= 4 is 50.3 Å². The average molecular weight is 505 g/mol. The fourth-order valence-corrected chi connectivity index (χ4v) is 4.34. The lowest BCUT2D eigenvalue weighted by atomic mass is 10.0. The SMILES string of the molecule is COc1cnc(Cl)cc1-c1cc(C)ncc1C(=O)Nc1nc2ncc(-c3ccc(N)nc3)nc2s1. The number of carbonyl (C=O) groups is 1. The summed E-state index contributed by atoms with van der Waals surface area (Å²) in [4.78, 5) is 39.6. The number of aromatic nitrogens is 6. The highest BCUT2D eigenvalue weighted by atomic mass is 35.5. The quantitative estimate of drug-likeness (QED) is 0.333. The highest BCUT2D eigenvalue weighted by Gasteiger charge is 2.20. The van der Waals surface area contributed by atoms with Gasteiger partial charge in [0.25, 0.3) is 5.91 Å². The summed E-state index contributed by atoms with van der Waals surface area (Å²) in [6.07, 6.45) is 6.24. The smallest absolute Gasteiger partial charge is 0.259 e. The van der Waals surface area contributed by atoms with E-state index in [1.54, 1.807) is 30.6 Å². The highest BCUT2D eigenvalue weighted by Crippen LogP contribution is 2.34. The number of anilines is 2. The van der Waals surface area contributed by atoms with Crippen LogP contribution >= 0.6 is 22.9 Å². The third-order valence-corrected chi connectivity index (χ3v) is 6.12. The molecule has 0 radical (unpaired) electrons. The van der Waals surface area contributed by atoms with Crippen molar-refractivity contribution in [3.63, 3.8) is 0 Å². The number of ether oxygens (including phenoxy) is 1. The molecule has 5 aromatic heterocycles. The molecule has 3 N–H and O–H groups in total. The second-order valence-corrected chi connectivity index (χ2v) is 8.77. The van der Waals surface area contributed by atoms with Crippen LogP contribution in [0.2, 0.25) is 5.15 Å². The first kappa shape index (κ1) is 22.6. The molecular weight excluding hydrogens is 488 g/mol. The number of thiazole rings is 1. The third kappa shape index (κ3) is 4.59. The molecule has 5 rings (SSSR count). The Morgan fingerprint density at radius 1 is 1.03 bits per heavy atom. The van der Waals surface area contributed by atoms with Gasteiger partial charge in [-0.05, 0) is 31.2 Å². The summed E-state index contributed by atoms with van der Waals surface area (Å²) in [6.45, 7) is 1.83. The normalized spacial score (nSPS) is 10.9. The number of rotatable bonds is 5. The molecule has 0 unspecified atom stereocenters. The van der Waals surface area contributed by atoms with Gasteiger partial charge in [0.05, 0.1) is 30.8 Å². The molecule has 0 aliphatic rings. The van der Waals surface area contributed by atoms with Crippen LogP contribution in [-0.4, -0.2) is 42.9 Å². The van der Waals surface area contributed by atoms with Crippen molar-refractivity contribution in [3.8, 4) is 28.1 Å². The van der Waals surface area contributed by atoms with Gasteiger partial charge in [-0.2, -0.15) is 4.98 Å². The van der Waals surface area contributed by atoms with Crippen molar-refractivity contribution in [3.05, 3.63) is 65.5 Å². The lowest BCUT2D eigenvalue weighted by Crippen LogP contribution is -2.14. The predicted molar refractivity (Wildman–Crippen MR) is 135 cm³/mol. The topological polar surface area (TPSA) is 142 Å². The minimum atomic E-state index is -0.399. The van der Waals surface area contributed by atoms with Gasteiger partial charge in [0.2, 0.25) is 0 Å². The van der Waals surface area contributed by atoms with Gasteiger partial charge in [-0.1, -0.05) is 22.9 Å². The van der Waals surface area contributed by atoms with Gasteiger partial charge in [-0.3, -0.25) is 15.1 Å². The number of nitrogens with two attached hydrogens (primary N) is 1. The summed E-state index contributed by atoms with van der Waals surface area (Å²) < 4.78 is 5.43. The monoisotopic (exact) mass is 504 g/mol. The maximum Gasteiger partial charge on any atom is 0.259 e. The second-order valence-electron chi connectivity index (χ2n) is 7.41. The molecule has 0 aliphatic heterocycles. The molecule has 0 spiro atoms.